The molecule has 1 aromatic rings. The Bertz CT molecular complexity index is 603. The molecule has 0 spiro atoms. The minimum Gasteiger partial charge on any atom is -0.494 e. The van der Waals surface area contributed by atoms with Gasteiger partial charge in [0.15, 0.2) is 0 Å². The van der Waals surface area contributed by atoms with Crippen molar-refractivity contribution in [3.63, 3.8) is 0 Å². The Hall–Kier alpha value is -1.75. The first-order valence-corrected chi connectivity index (χ1v) is 11.6. The van der Waals surface area contributed by atoms with E-state index in [1.165, 1.54) is 37.9 Å². The van der Waals surface area contributed by atoms with Crippen molar-refractivity contribution in [2.75, 3.05) is 46.4 Å². The van der Waals surface area contributed by atoms with Crippen LogP contribution in [0, 0.1) is 11.8 Å². The molecule has 1 N–H and O–H groups in total. The Balaban J connectivity index is 1.28. The molecule has 5 heteroatoms. The molecule has 0 radical (unpaired) electrons. The van der Waals surface area contributed by atoms with Gasteiger partial charge >= 0.3 is 6.03 Å². The van der Waals surface area contributed by atoms with E-state index in [1.807, 2.05) is 11.8 Å². The molecule has 1 aromatic carbocycles. The molecule has 0 atom stereocenters. The number of carbonyl (C=O) groups excluding carboxylic acids is 1. The summed E-state index contributed by atoms with van der Waals surface area (Å²) in [6, 6.07) is 8.63. The van der Waals surface area contributed by atoms with E-state index < -0.39 is 0 Å². The third-order valence-corrected chi connectivity index (χ3v) is 6.64. The van der Waals surface area contributed by atoms with Gasteiger partial charge in [0.1, 0.15) is 5.75 Å². The number of aryl methyl sites for hydroxylation is 1. The van der Waals surface area contributed by atoms with Gasteiger partial charge in [-0.2, -0.15) is 0 Å². The van der Waals surface area contributed by atoms with Gasteiger partial charge in [0, 0.05) is 19.6 Å². The number of amides is 2. The van der Waals surface area contributed by atoms with Crippen LogP contribution in [0.3, 0.4) is 0 Å². The molecule has 2 heterocycles. The zero-order valence-corrected chi connectivity index (χ0v) is 18.4. The summed E-state index contributed by atoms with van der Waals surface area (Å²) in [5, 5.41) is 3.16. The van der Waals surface area contributed by atoms with Crippen molar-refractivity contribution in [3.8, 4) is 5.75 Å². The molecule has 2 fully saturated rings. The summed E-state index contributed by atoms with van der Waals surface area (Å²) in [7, 11) is 2.19. The van der Waals surface area contributed by atoms with Gasteiger partial charge in [0.25, 0.3) is 0 Å². The highest BCUT2D eigenvalue weighted by atomic mass is 16.5. The van der Waals surface area contributed by atoms with Crippen molar-refractivity contribution in [3.05, 3.63) is 29.8 Å². The number of hydrogen-bond donors (Lipinski definition) is 1. The summed E-state index contributed by atoms with van der Waals surface area (Å²) in [5.41, 5.74) is 1.38. The van der Waals surface area contributed by atoms with E-state index in [0.29, 0.717) is 6.61 Å². The molecule has 162 valence electrons. The Morgan fingerprint density at radius 1 is 1.00 bits per heavy atom. The summed E-state index contributed by atoms with van der Waals surface area (Å²) in [6.45, 7) is 7.73. The molecule has 29 heavy (non-hydrogen) atoms. The van der Waals surface area contributed by atoms with E-state index in [1.54, 1.807) is 0 Å². The van der Waals surface area contributed by atoms with E-state index in [-0.39, 0.29) is 6.03 Å². The normalized spacial score (nSPS) is 19.3. The van der Waals surface area contributed by atoms with E-state index in [4.69, 9.17) is 4.74 Å². The predicted molar refractivity (Wildman–Crippen MR) is 118 cm³/mol. The minimum absolute atomic E-state index is 0.142. The number of benzene rings is 1. The van der Waals surface area contributed by atoms with Crippen molar-refractivity contribution in [1.29, 1.82) is 0 Å². The fourth-order valence-corrected chi connectivity index (χ4v) is 4.56. The number of carbonyl (C=O) groups is 1. The fraction of sp³-hybridized carbons (Fsp3) is 0.708. The third-order valence-electron chi connectivity index (χ3n) is 6.64. The van der Waals surface area contributed by atoms with Gasteiger partial charge in [0.05, 0.1) is 6.61 Å². The molecule has 2 aliphatic heterocycles. The maximum Gasteiger partial charge on any atom is 0.317 e. The smallest absolute Gasteiger partial charge is 0.317 e. The molecule has 2 amide bonds. The summed E-state index contributed by atoms with van der Waals surface area (Å²) in [5.74, 6) is 2.45. The number of nitrogens with zero attached hydrogens (tertiary/aromatic N) is 2. The van der Waals surface area contributed by atoms with Crippen molar-refractivity contribution < 1.29 is 9.53 Å². The molecule has 2 saturated heterocycles. The summed E-state index contributed by atoms with van der Waals surface area (Å²) >= 11 is 0. The van der Waals surface area contributed by atoms with Crippen LogP contribution in [0.5, 0.6) is 5.75 Å². The first-order chi connectivity index (χ1) is 14.1. The second-order valence-corrected chi connectivity index (χ2v) is 8.81. The standard InChI is InChI=1S/C24H39N3O2/c1-3-29-23-8-6-20(7-9-23)4-5-21-13-18-27(19-14-21)24(28)25-15-10-22-11-16-26(2)17-12-22/h6-9,21-22H,3-5,10-19H2,1-2H3,(H,25,28). The first-order valence-electron chi connectivity index (χ1n) is 11.6. The monoisotopic (exact) mass is 401 g/mol. The zero-order chi connectivity index (χ0) is 20.5. The van der Waals surface area contributed by atoms with Gasteiger partial charge in [-0.3, -0.25) is 0 Å². The molecule has 2 aliphatic rings. The summed E-state index contributed by atoms with van der Waals surface area (Å²) < 4.78 is 5.51. The highest BCUT2D eigenvalue weighted by molar-refractivity contribution is 5.74. The quantitative estimate of drug-likeness (QED) is 0.711. The van der Waals surface area contributed by atoms with Crippen molar-refractivity contribution in [1.82, 2.24) is 15.1 Å². The Kier molecular flexibility index (Phi) is 8.66. The van der Waals surface area contributed by atoms with Gasteiger partial charge in [-0.05, 0) is 102 Å². The van der Waals surface area contributed by atoms with Crippen molar-refractivity contribution >= 4 is 6.03 Å². The average molecular weight is 402 g/mol. The van der Waals surface area contributed by atoms with Crippen LogP contribution in [0.4, 0.5) is 4.79 Å². The predicted octanol–water partition coefficient (Wildman–Crippen LogP) is 4.17. The Morgan fingerprint density at radius 3 is 2.28 bits per heavy atom. The highest BCUT2D eigenvalue weighted by Gasteiger charge is 2.23. The molecule has 0 unspecified atom stereocenters. The lowest BCUT2D eigenvalue weighted by Crippen LogP contribution is -2.45. The molecule has 3 rings (SSSR count). The van der Waals surface area contributed by atoms with Gasteiger partial charge in [-0.1, -0.05) is 12.1 Å². The number of rotatable bonds is 8. The lowest BCUT2D eigenvalue weighted by Gasteiger charge is -2.32. The van der Waals surface area contributed by atoms with Gasteiger partial charge in [-0.15, -0.1) is 0 Å². The van der Waals surface area contributed by atoms with Gasteiger partial charge in [-0.25, -0.2) is 4.79 Å². The average Bonchev–Trinajstić information content (AvgIpc) is 2.75. The first kappa shape index (κ1) is 21.9. The number of likely N-dealkylation sites (tertiary alicyclic amines) is 2. The Morgan fingerprint density at radius 2 is 1.62 bits per heavy atom. The van der Waals surface area contributed by atoms with E-state index in [2.05, 4.69) is 41.5 Å². The van der Waals surface area contributed by atoms with Gasteiger partial charge < -0.3 is 19.9 Å². The number of urea groups is 1. The molecule has 0 aliphatic carbocycles. The second kappa shape index (κ2) is 11.4. The minimum atomic E-state index is 0.142. The number of ether oxygens (including phenoxy) is 1. The highest BCUT2D eigenvalue weighted by Crippen LogP contribution is 2.23. The maximum absolute atomic E-state index is 12.5. The SMILES string of the molecule is CCOc1ccc(CCC2CCN(C(=O)NCCC3CCN(C)CC3)CC2)cc1. The van der Waals surface area contributed by atoms with E-state index in [0.717, 1.165) is 62.9 Å². The van der Waals surface area contributed by atoms with E-state index >= 15 is 0 Å². The number of piperidine rings is 2. The molecule has 0 saturated carbocycles. The maximum atomic E-state index is 12.5. The topological polar surface area (TPSA) is 44.8 Å². The summed E-state index contributed by atoms with van der Waals surface area (Å²) in [4.78, 5) is 16.9. The fourth-order valence-electron chi connectivity index (χ4n) is 4.56. The third kappa shape index (κ3) is 7.22. The molecule has 5 nitrogen and oxygen atoms in total. The molecular formula is C24H39N3O2. The van der Waals surface area contributed by atoms with Crippen LogP contribution in [0.25, 0.3) is 0 Å². The van der Waals surface area contributed by atoms with Crippen LogP contribution in [0.15, 0.2) is 24.3 Å². The largest absolute Gasteiger partial charge is 0.494 e. The molecule has 0 aromatic heterocycles. The molecule has 0 bridgehead atoms. The van der Waals surface area contributed by atoms with Crippen LogP contribution in [-0.4, -0.2) is 62.2 Å². The van der Waals surface area contributed by atoms with Crippen LogP contribution >= 0.6 is 0 Å². The van der Waals surface area contributed by atoms with Crippen LogP contribution in [-0.2, 0) is 6.42 Å². The van der Waals surface area contributed by atoms with Crippen LogP contribution < -0.4 is 10.1 Å². The van der Waals surface area contributed by atoms with Gasteiger partial charge in [0.2, 0.25) is 0 Å². The van der Waals surface area contributed by atoms with Crippen LogP contribution in [0.1, 0.15) is 51.0 Å². The summed E-state index contributed by atoms with van der Waals surface area (Å²) in [6.07, 6.45) is 8.23. The lowest BCUT2D eigenvalue weighted by atomic mass is 9.90. The van der Waals surface area contributed by atoms with E-state index in [9.17, 15) is 4.79 Å². The Labute approximate surface area is 176 Å². The second-order valence-electron chi connectivity index (χ2n) is 8.81. The van der Waals surface area contributed by atoms with Crippen LogP contribution in [0.2, 0.25) is 0 Å². The lowest BCUT2D eigenvalue weighted by molar-refractivity contribution is 0.166. The van der Waals surface area contributed by atoms with Crippen molar-refractivity contribution in [2.45, 2.75) is 51.9 Å². The number of hydrogen-bond acceptors (Lipinski definition) is 3. The molecular weight excluding hydrogens is 362 g/mol. The number of nitrogens with one attached hydrogen (secondary N) is 1. The zero-order valence-electron chi connectivity index (χ0n) is 18.4. The van der Waals surface area contributed by atoms with Crippen molar-refractivity contribution in [2.24, 2.45) is 11.8 Å².